The summed E-state index contributed by atoms with van der Waals surface area (Å²) in [7, 11) is -1.97. The van der Waals surface area contributed by atoms with Crippen molar-refractivity contribution in [3.8, 4) is 0 Å². The summed E-state index contributed by atoms with van der Waals surface area (Å²) in [6.07, 6.45) is 10.6. The zero-order valence-corrected chi connectivity index (χ0v) is 18.2. The summed E-state index contributed by atoms with van der Waals surface area (Å²) in [4.78, 5) is 11.1. The molecular formula is C19H41NO3Si. The smallest absolute Gasteiger partial charge is 0.234 e. The van der Waals surface area contributed by atoms with Gasteiger partial charge < -0.3 is 4.43 Å². The fraction of sp³-hybridized carbons (Fsp3) is 1.00. The zero-order chi connectivity index (χ0) is 18.8. The molecule has 0 heterocycles. The maximum Gasteiger partial charge on any atom is 0.234 e. The maximum absolute atomic E-state index is 11.3. The van der Waals surface area contributed by atoms with Crippen molar-refractivity contribution in [2.24, 2.45) is 0 Å². The third kappa shape index (κ3) is 9.16. The highest BCUT2D eigenvalue weighted by atomic mass is 28.4. The minimum atomic E-state index is -1.97. The predicted molar refractivity (Wildman–Crippen MR) is 106 cm³/mol. The third-order valence-electron chi connectivity index (χ3n) is 5.46. The quantitative estimate of drug-likeness (QED) is 0.162. The van der Waals surface area contributed by atoms with Crippen LogP contribution in [-0.4, -0.2) is 25.4 Å². The summed E-state index contributed by atoms with van der Waals surface area (Å²) in [6.45, 7) is 14.8. The molecule has 0 unspecified atom stereocenters. The Hall–Kier alpha value is -0.423. The van der Waals surface area contributed by atoms with E-state index >= 15 is 0 Å². The number of rotatable bonds is 13. The van der Waals surface area contributed by atoms with Gasteiger partial charge in [0.1, 0.15) is 6.10 Å². The lowest BCUT2D eigenvalue weighted by molar-refractivity contribution is -0.529. The first-order valence-electron chi connectivity index (χ1n) is 9.84. The summed E-state index contributed by atoms with van der Waals surface area (Å²) in [5, 5.41) is 11.3. The minimum Gasteiger partial charge on any atom is -0.407 e. The Morgan fingerprint density at radius 2 is 1.46 bits per heavy atom. The van der Waals surface area contributed by atoms with Gasteiger partial charge in [-0.15, -0.1) is 0 Å². The van der Waals surface area contributed by atoms with Crippen LogP contribution in [0.2, 0.25) is 18.1 Å². The fourth-order valence-electron chi connectivity index (χ4n) is 2.57. The third-order valence-corrected chi connectivity index (χ3v) is 9.97. The molecule has 0 saturated heterocycles. The molecule has 144 valence electrons. The number of nitro groups is 1. The van der Waals surface area contributed by atoms with Crippen molar-refractivity contribution in [1.82, 2.24) is 0 Å². The summed E-state index contributed by atoms with van der Waals surface area (Å²) >= 11 is 0. The summed E-state index contributed by atoms with van der Waals surface area (Å²) in [5.41, 5.74) is 0. The Morgan fingerprint density at radius 3 is 1.88 bits per heavy atom. The molecule has 0 bridgehead atoms. The van der Waals surface area contributed by atoms with E-state index in [4.69, 9.17) is 4.43 Å². The van der Waals surface area contributed by atoms with Crippen LogP contribution in [0.3, 0.4) is 0 Å². The summed E-state index contributed by atoms with van der Waals surface area (Å²) < 4.78 is 6.38. The fourth-order valence-corrected chi connectivity index (χ4v) is 3.99. The molecule has 2 atom stereocenters. The molecule has 0 aromatic rings. The maximum atomic E-state index is 11.3. The van der Waals surface area contributed by atoms with E-state index in [1.807, 2.05) is 0 Å². The van der Waals surface area contributed by atoms with E-state index in [1.54, 1.807) is 6.92 Å². The summed E-state index contributed by atoms with van der Waals surface area (Å²) in [5.74, 6) is 0. The van der Waals surface area contributed by atoms with Crippen LogP contribution < -0.4 is 0 Å². The normalized spacial score (nSPS) is 15.3. The van der Waals surface area contributed by atoms with Gasteiger partial charge in [0.05, 0.1) is 0 Å². The van der Waals surface area contributed by atoms with Gasteiger partial charge in [0.2, 0.25) is 6.04 Å². The Labute approximate surface area is 151 Å². The molecule has 4 nitrogen and oxygen atoms in total. The Bertz CT molecular complexity index is 353. The SMILES string of the molecule is CCCCCCCCCC[C@@H](O[Si](C)(C)C(C)(C)C)[C@@H](C)[N+](=O)[O-]. The van der Waals surface area contributed by atoms with Gasteiger partial charge in [-0.25, -0.2) is 0 Å². The van der Waals surface area contributed by atoms with Crippen LogP contribution in [0.4, 0.5) is 0 Å². The largest absolute Gasteiger partial charge is 0.407 e. The predicted octanol–water partition coefficient (Wildman–Crippen LogP) is 6.57. The molecule has 0 saturated carbocycles. The highest BCUT2D eigenvalue weighted by molar-refractivity contribution is 6.74. The zero-order valence-electron chi connectivity index (χ0n) is 17.2. The van der Waals surface area contributed by atoms with Crippen LogP contribution in [0.15, 0.2) is 0 Å². The molecule has 0 aromatic carbocycles. The van der Waals surface area contributed by atoms with Crippen molar-refractivity contribution in [3.05, 3.63) is 10.1 Å². The van der Waals surface area contributed by atoms with Crippen molar-refractivity contribution < 1.29 is 9.35 Å². The van der Waals surface area contributed by atoms with Gasteiger partial charge in [-0.3, -0.25) is 10.1 Å². The molecule has 0 spiro atoms. The number of nitrogens with zero attached hydrogens (tertiary/aromatic N) is 1. The molecule has 24 heavy (non-hydrogen) atoms. The number of hydrogen-bond donors (Lipinski definition) is 0. The van der Waals surface area contributed by atoms with E-state index in [0.717, 1.165) is 19.3 Å². The Kier molecular flexibility index (Phi) is 11.0. The van der Waals surface area contributed by atoms with Crippen molar-refractivity contribution in [1.29, 1.82) is 0 Å². The van der Waals surface area contributed by atoms with Crippen molar-refractivity contribution in [3.63, 3.8) is 0 Å². The molecule has 0 amide bonds. The second-order valence-electron chi connectivity index (χ2n) is 8.71. The van der Waals surface area contributed by atoms with E-state index in [1.165, 1.54) is 38.5 Å². The first-order valence-corrected chi connectivity index (χ1v) is 12.7. The molecule has 0 aliphatic rings. The average Bonchev–Trinajstić information content (AvgIpc) is 2.46. The van der Waals surface area contributed by atoms with Crippen LogP contribution in [0.5, 0.6) is 0 Å². The van der Waals surface area contributed by atoms with Gasteiger partial charge in [-0.05, 0) is 24.6 Å². The lowest BCUT2D eigenvalue weighted by Gasteiger charge is -2.39. The minimum absolute atomic E-state index is 0.0842. The van der Waals surface area contributed by atoms with Crippen molar-refractivity contribution >= 4 is 8.32 Å². The van der Waals surface area contributed by atoms with Crippen LogP contribution in [0.25, 0.3) is 0 Å². The van der Waals surface area contributed by atoms with Gasteiger partial charge in [0.25, 0.3) is 0 Å². The van der Waals surface area contributed by atoms with Gasteiger partial charge >= 0.3 is 0 Å². The van der Waals surface area contributed by atoms with Crippen molar-refractivity contribution in [2.75, 3.05) is 0 Å². The van der Waals surface area contributed by atoms with E-state index in [9.17, 15) is 10.1 Å². The highest BCUT2D eigenvalue weighted by Crippen LogP contribution is 2.38. The van der Waals surface area contributed by atoms with Gasteiger partial charge in [-0.2, -0.15) is 0 Å². The van der Waals surface area contributed by atoms with E-state index in [-0.39, 0.29) is 16.1 Å². The highest BCUT2D eigenvalue weighted by Gasteiger charge is 2.42. The van der Waals surface area contributed by atoms with E-state index in [0.29, 0.717) is 0 Å². The molecule has 0 radical (unpaired) electrons. The van der Waals surface area contributed by atoms with Gasteiger partial charge in [0.15, 0.2) is 8.32 Å². The summed E-state index contributed by atoms with van der Waals surface area (Å²) in [6, 6.07) is -0.622. The Morgan fingerprint density at radius 1 is 1.00 bits per heavy atom. The molecule has 0 aliphatic heterocycles. The standard InChI is InChI=1S/C19H41NO3Si/c1-8-9-10-11-12-13-14-15-16-18(17(2)20(21)22)23-24(6,7)19(3,4)5/h17-18H,8-16H2,1-7H3/t17-,18-/m1/s1. The Balaban J connectivity index is 4.37. The second kappa shape index (κ2) is 11.2. The number of unbranched alkanes of at least 4 members (excludes halogenated alkanes) is 7. The first kappa shape index (κ1) is 23.6. The molecule has 0 aromatic heterocycles. The van der Waals surface area contributed by atoms with E-state index in [2.05, 4.69) is 40.8 Å². The lowest BCUT2D eigenvalue weighted by atomic mass is 10.0. The molecule has 0 rings (SSSR count). The molecule has 0 aliphatic carbocycles. The van der Waals surface area contributed by atoms with Crippen LogP contribution in [0, 0.1) is 10.1 Å². The average molecular weight is 360 g/mol. The van der Waals surface area contributed by atoms with Gasteiger partial charge in [-0.1, -0.05) is 79.1 Å². The van der Waals surface area contributed by atoms with Crippen LogP contribution in [-0.2, 0) is 4.43 Å². The molecule has 0 N–H and O–H groups in total. The van der Waals surface area contributed by atoms with Crippen LogP contribution in [0.1, 0.15) is 92.4 Å². The second-order valence-corrected chi connectivity index (χ2v) is 13.5. The topological polar surface area (TPSA) is 52.4 Å². The van der Waals surface area contributed by atoms with Crippen molar-refractivity contribution in [2.45, 2.75) is 123 Å². The van der Waals surface area contributed by atoms with Gasteiger partial charge in [0, 0.05) is 11.8 Å². The van der Waals surface area contributed by atoms with Crippen LogP contribution >= 0.6 is 0 Å². The molecule has 0 fully saturated rings. The number of hydrogen-bond acceptors (Lipinski definition) is 3. The van der Waals surface area contributed by atoms with E-state index < -0.39 is 14.4 Å². The monoisotopic (exact) mass is 359 g/mol. The first-order chi connectivity index (χ1) is 11.0. The molecular weight excluding hydrogens is 318 g/mol. The molecule has 5 heteroatoms. The lowest BCUT2D eigenvalue weighted by Crippen LogP contribution is -2.48.